The molecule has 156 valence electrons. The van der Waals surface area contributed by atoms with Crippen LogP contribution in [0.4, 0.5) is 5.69 Å². The van der Waals surface area contributed by atoms with Crippen molar-refractivity contribution in [3.8, 4) is 5.75 Å². The highest BCUT2D eigenvalue weighted by molar-refractivity contribution is 6.01. The van der Waals surface area contributed by atoms with Crippen LogP contribution in [-0.2, 0) is 20.9 Å². The molecule has 3 aliphatic heterocycles. The summed E-state index contributed by atoms with van der Waals surface area (Å²) in [6, 6.07) is 17.1. The molecule has 2 unspecified atom stereocenters. The molecule has 0 saturated carbocycles. The van der Waals surface area contributed by atoms with Crippen LogP contribution in [0.15, 0.2) is 54.6 Å². The van der Waals surface area contributed by atoms with E-state index in [0.717, 1.165) is 24.1 Å². The van der Waals surface area contributed by atoms with Crippen LogP contribution < -0.4 is 9.64 Å². The summed E-state index contributed by atoms with van der Waals surface area (Å²) in [4.78, 5) is 30.6. The Labute approximate surface area is 176 Å². The van der Waals surface area contributed by atoms with Crippen LogP contribution in [0.2, 0.25) is 0 Å². The van der Waals surface area contributed by atoms with Gasteiger partial charge in [-0.1, -0.05) is 42.5 Å². The van der Waals surface area contributed by atoms with Crippen LogP contribution in [-0.4, -0.2) is 48.6 Å². The van der Waals surface area contributed by atoms with Gasteiger partial charge in [0.1, 0.15) is 17.9 Å². The van der Waals surface area contributed by atoms with Gasteiger partial charge in [-0.3, -0.25) is 9.59 Å². The van der Waals surface area contributed by atoms with E-state index in [1.165, 1.54) is 0 Å². The second-order valence-electron chi connectivity index (χ2n) is 8.25. The Hall–Kier alpha value is -2.86. The molecule has 0 radical (unpaired) electrons. The van der Waals surface area contributed by atoms with Crippen LogP contribution >= 0.6 is 0 Å². The first-order valence-corrected chi connectivity index (χ1v) is 10.7. The lowest BCUT2D eigenvalue weighted by atomic mass is 9.98. The van der Waals surface area contributed by atoms with Crippen LogP contribution in [0.5, 0.6) is 5.75 Å². The molecule has 2 bridgehead atoms. The fourth-order valence-corrected chi connectivity index (χ4v) is 4.73. The molecule has 6 heteroatoms. The van der Waals surface area contributed by atoms with Gasteiger partial charge < -0.3 is 19.3 Å². The summed E-state index contributed by atoms with van der Waals surface area (Å²) in [5, 5.41) is 0. The molecular formula is C24H26N2O4. The van der Waals surface area contributed by atoms with Crippen molar-refractivity contribution in [1.82, 2.24) is 4.90 Å². The number of likely N-dealkylation sites (tertiary alicyclic amines) is 1. The van der Waals surface area contributed by atoms with Crippen molar-refractivity contribution in [3.63, 3.8) is 0 Å². The number of carbonyl (C=O) groups is 2. The molecule has 2 saturated heterocycles. The van der Waals surface area contributed by atoms with E-state index in [9.17, 15) is 9.59 Å². The summed E-state index contributed by atoms with van der Waals surface area (Å²) in [7, 11) is 0. The quantitative estimate of drug-likeness (QED) is 0.786. The van der Waals surface area contributed by atoms with E-state index in [-0.39, 0.29) is 23.8 Å². The second-order valence-corrected chi connectivity index (χ2v) is 8.25. The molecular weight excluding hydrogens is 380 g/mol. The zero-order valence-electron chi connectivity index (χ0n) is 16.9. The standard InChI is InChI=1S/C24H26N2O4/c27-23(18-10-12-29-13-11-18)26-16-19-14-21(26)24(28)25(15-17-6-2-1-3-7-17)20-8-4-5-9-22(20)30-19/h1-9,18-19,21H,10-16H2. The number of hydrogen-bond acceptors (Lipinski definition) is 4. The van der Waals surface area contributed by atoms with Gasteiger partial charge >= 0.3 is 0 Å². The zero-order chi connectivity index (χ0) is 20.5. The first-order valence-electron chi connectivity index (χ1n) is 10.7. The van der Waals surface area contributed by atoms with E-state index in [2.05, 4.69) is 0 Å². The minimum absolute atomic E-state index is 0.0301. The molecule has 5 rings (SSSR count). The SMILES string of the molecule is O=C1C2CC(CN2C(=O)C2CCOCC2)Oc2ccccc2N1Cc1ccccc1. The molecule has 0 aromatic heterocycles. The van der Waals surface area contributed by atoms with Gasteiger partial charge in [0.2, 0.25) is 11.8 Å². The fourth-order valence-electron chi connectivity index (χ4n) is 4.73. The number of benzene rings is 2. The Balaban J connectivity index is 1.48. The molecule has 3 heterocycles. The van der Waals surface area contributed by atoms with Crippen molar-refractivity contribution in [2.24, 2.45) is 5.92 Å². The molecule has 2 aromatic carbocycles. The highest BCUT2D eigenvalue weighted by Gasteiger charge is 2.46. The molecule has 2 atom stereocenters. The lowest BCUT2D eigenvalue weighted by molar-refractivity contribution is -0.143. The first-order chi connectivity index (χ1) is 14.7. The predicted octanol–water partition coefficient (Wildman–Crippen LogP) is 3.01. The zero-order valence-corrected chi connectivity index (χ0v) is 16.9. The molecule has 30 heavy (non-hydrogen) atoms. The maximum absolute atomic E-state index is 13.8. The van der Waals surface area contributed by atoms with Crippen molar-refractivity contribution < 1.29 is 19.1 Å². The summed E-state index contributed by atoms with van der Waals surface area (Å²) in [5.41, 5.74) is 1.81. The monoisotopic (exact) mass is 406 g/mol. The number of nitrogens with zero attached hydrogens (tertiary/aromatic N) is 2. The molecule has 2 amide bonds. The number of para-hydroxylation sites is 2. The topological polar surface area (TPSA) is 59.1 Å². The number of anilines is 1. The number of fused-ring (bicyclic) bond motifs is 3. The maximum atomic E-state index is 13.8. The van der Waals surface area contributed by atoms with Gasteiger partial charge in [0.05, 0.1) is 18.8 Å². The average molecular weight is 406 g/mol. The average Bonchev–Trinajstić information content (AvgIpc) is 3.22. The molecule has 2 fully saturated rings. The largest absolute Gasteiger partial charge is 0.486 e. The number of hydrogen-bond donors (Lipinski definition) is 0. The Morgan fingerprint density at radius 2 is 1.73 bits per heavy atom. The van der Waals surface area contributed by atoms with Gasteiger partial charge in [-0.2, -0.15) is 0 Å². The van der Waals surface area contributed by atoms with Crippen LogP contribution in [0.25, 0.3) is 0 Å². The smallest absolute Gasteiger partial charge is 0.250 e. The molecule has 0 N–H and O–H groups in total. The summed E-state index contributed by atoms with van der Waals surface area (Å²) in [6.45, 7) is 2.11. The van der Waals surface area contributed by atoms with Crippen molar-refractivity contribution in [2.75, 3.05) is 24.7 Å². The Morgan fingerprint density at radius 1 is 1.00 bits per heavy atom. The first kappa shape index (κ1) is 19.1. The van der Waals surface area contributed by atoms with Crippen molar-refractivity contribution in [2.45, 2.75) is 38.0 Å². The highest BCUT2D eigenvalue weighted by atomic mass is 16.5. The minimum atomic E-state index is -0.484. The number of rotatable bonds is 3. The second kappa shape index (κ2) is 8.11. The third-order valence-corrected chi connectivity index (χ3v) is 6.30. The maximum Gasteiger partial charge on any atom is 0.250 e. The summed E-state index contributed by atoms with van der Waals surface area (Å²) in [6.07, 6.45) is 1.81. The lowest BCUT2D eigenvalue weighted by Gasteiger charge is -2.33. The number of amides is 2. The molecule has 6 nitrogen and oxygen atoms in total. The van der Waals surface area contributed by atoms with Crippen molar-refractivity contribution in [3.05, 3.63) is 60.2 Å². The van der Waals surface area contributed by atoms with E-state index in [4.69, 9.17) is 9.47 Å². The Bertz CT molecular complexity index is 926. The van der Waals surface area contributed by atoms with Crippen LogP contribution in [0.1, 0.15) is 24.8 Å². The molecule has 0 spiro atoms. The summed E-state index contributed by atoms with van der Waals surface area (Å²) in [5.74, 6) is 0.662. The van der Waals surface area contributed by atoms with Gasteiger partial charge in [0.15, 0.2) is 0 Å². The molecule has 2 aromatic rings. The van der Waals surface area contributed by atoms with Crippen LogP contribution in [0.3, 0.4) is 0 Å². The highest BCUT2D eigenvalue weighted by Crippen LogP contribution is 2.37. The van der Waals surface area contributed by atoms with E-state index in [0.29, 0.717) is 38.5 Å². The van der Waals surface area contributed by atoms with E-state index in [1.54, 1.807) is 9.80 Å². The summed E-state index contributed by atoms with van der Waals surface area (Å²) >= 11 is 0. The molecule has 0 aliphatic carbocycles. The Morgan fingerprint density at radius 3 is 2.53 bits per heavy atom. The van der Waals surface area contributed by atoms with E-state index in [1.807, 2.05) is 54.6 Å². The fraction of sp³-hybridized carbons (Fsp3) is 0.417. The van der Waals surface area contributed by atoms with Gasteiger partial charge in [-0.05, 0) is 30.5 Å². The number of carbonyl (C=O) groups excluding carboxylic acids is 2. The summed E-state index contributed by atoms with van der Waals surface area (Å²) < 4.78 is 11.7. The van der Waals surface area contributed by atoms with Gasteiger partial charge in [-0.25, -0.2) is 0 Å². The van der Waals surface area contributed by atoms with Gasteiger partial charge in [-0.15, -0.1) is 0 Å². The van der Waals surface area contributed by atoms with Gasteiger partial charge in [0.25, 0.3) is 0 Å². The lowest BCUT2D eigenvalue weighted by Crippen LogP contribution is -2.49. The predicted molar refractivity (Wildman–Crippen MR) is 112 cm³/mol. The van der Waals surface area contributed by atoms with Crippen molar-refractivity contribution >= 4 is 17.5 Å². The minimum Gasteiger partial charge on any atom is -0.486 e. The van der Waals surface area contributed by atoms with Crippen LogP contribution in [0, 0.1) is 5.92 Å². The number of ether oxygens (including phenoxy) is 2. The normalized spacial score (nSPS) is 24.1. The third-order valence-electron chi connectivity index (χ3n) is 6.30. The van der Waals surface area contributed by atoms with E-state index >= 15 is 0 Å². The van der Waals surface area contributed by atoms with Gasteiger partial charge in [0, 0.05) is 25.6 Å². The Kier molecular flexibility index (Phi) is 5.17. The van der Waals surface area contributed by atoms with E-state index < -0.39 is 6.04 Å². The molecule has 3 aliphatic rings. The van der Waals surface area contributed by atoms with Crippen molar-refractivity contribution in [1.29, 1.82) is 0 Å². The third kappa shape index (κ3) is 3.56.